The molecule has 0 aliphatic heterocycles. The monoisotopic (exact) mass is 244 g/mol. The first-order chi connectivity index (χ1) is 8.60. The lowest BCUT2D eigenvalue weighted by Gasteiger charge is -2.13. The number of aryl methyl sites for hydroxylation is 3. The van der Waals surface area contributed by atoms with Gasteiger partial charge in [0.25, 0.3) is 0 Å². The molecular formula is C15H20N2O. The second-order valence-corrected chi connectivity index (χ2v) is 4.82. The molecule has 1 aromatic heterocycles. The van der Waals surface area contributed by atoms with Crippen molar-refractivity contribution in [3.8, 4) is 0 Å². The molecule has 0 fully saturated rings. The quantitative estimate of drug-likeness (QED) is 0.898. The van der Waals surface area contributed by atoms with Crippen molar-refractivity contribution in [2.75, 3.05) is 0 Å². The molecular weight excluding hydrogens is 224 g/mol. The zero-order chi connectivity index (χ0) is 13.1. The van der Waals surface area contributed by atoms with Crippen LogP contribution >= 0.6 is 0 Å². The van der Waals surface area contributed by atoms with E-state index >= 15 is 0 Å². The number of imidazole rings is 1. The summed E-state index contributed by atoms with van der Waals surface area (Å²) in [5.41, 5.74) is 4.53. The Kier molecular flexibility index (Phi) is 3.82. The van der Waals surface area contributed by atoms with Gasteiger partial charge in [0.1, 0.15) is 0 Å². The number of nitrogens with zero attached hydrogens (tertiary/aromatic N) is 2. The molecule has 0 radical (unpaired) electrons. The van der Waals surface area contributed by atoms with Gasteiger partial charge >= 0.3 is 0 Å². The van der Waals surface area contributed by atoms with Crippen molar-refractivity contribution in [2.45, 2.75) is 39.8 Å². The predicted octanol–water partition coefficient (Wildman–Crippen LogP) is 2.80. The molecule has 1 heterocycles. The third kappa shape index (κ3) is 2.79. The minimum Gasteiger partial charge on any atom is -0.386 e. The summed E-state index contributed by atoms with van der Waals surface area (Å²) in [5, 5.41) is 10.3. The number of aliphatic hydroxyl groups is 1. The largest absolute Gasteiger partial charge is 0.386 e. The molecule has 0 spiro atoms. The van der Waals surface area contributed by atoms with Crippen molar-refractivity contribution in [1.82, 2.24) is 9.55 Å². The van der Waals surface area contributed by atoms with Crippen LogP contribution in [-0.4, -0.2) is 14.7 Å². The minimum atomic E-state index is -0.492. The topological polar surface area (TPSA) is 38.0 Å². The van der Waals surface area contributed by atoms with E-state index < -0.39 is 6.10 Å². The molecule has 3 heteroatoms. The van der Waals surface area contributed by atoms with Gasteiger partial charge in [-0.05, 0) is 26.3 Å². The molecule has 3 nitrogen and oxygen atoms in total. The lowest BCUT2D eigenvalue weighted by molar-refractivity contribution is 0.169. The molecule has 1 unspecified atom stereocenters. The van der Waals surface area contributed by atoms with E-state index in [4.69, 9.17) is 0 Å². The lowest BCUT2D eigenvalue weighted by atomic mass is 10.0. The molecule has 0 saturated carbocycles. The third-order valence-corrected chi connectivity index (χ3v) is 3.14. The average Bonchev–Trinajstić information content (AvgIpc) is 2.75. The Balaban J connectivity index is 2.18. The third-order valence-electron chi connectivity index (χ3n) is 3.14. The van der Waals surface area contributed by atoms with Gasteiger partial charge in [0, 0.05) is 13.0 Å². The Hall–Kier alpha value is -1.61. The minimum absolute atomic E-state index is 0.492. The summed E-state index contributed by atoms with van der Waals surface area (Å²) >= 11 is 0. The smallest absolute Gasteiger partial charge is 0.0995 e. The van der Waals surface area contributed by atoms with Gasteiger partial charge in [-0.3, -0.25) is 0 Å². The van der Waals surface area contributed by atoms with Crippen LogP contribution in [0, 0.1) is 13.8 Å². The Labute approximate surface area is 108 Å². The van der Waals surface area contributed by atoms with E-state index in [9.17, 15) is 5.11 Å². The zero-order valence-electron chi connectivity index (χ0n) is 11.2. The molecule has 0 aliphatic carbocycles. The number of rotatable bonds is 4. The van der Waals surface area contributed by atoms with Crippen LogP contribution in [0.5, 0.6) is 0 Å². The van der Waals surface area contributed by atoms with E-state index in [1.54, 1.807) is 12.5 Å². The van der Waals surface area contributed by atoms with E-state index in [1.165, 1.54) is 16.7 Å². The van der Waals surface area contributed by atoms with Crippen molar-refractivity contribution in [3.63, 3.8) is 0 Å². The van der Waals surface area contributed by atoms with Crippen LogP contribution in [0.15, 0.2) is 30.7 Å². The second-order valence-electron chi connectivity index (χ2n) is 4.82. The van der Waals surface area contributed by atoms with Gasteiger partial charge in [0.15, 0.2) is 0 Å². The molecule has 0 saturated heterocycles. The fourth-order valence-corrected chi connectivity index (χ4v) is 2.39. The van der Waals surface area contributed by atoms with Crippen molar-refractivity contribution in [2.24, 2.45) is 0 Å². The Morgan fingerprint density at radius 1 is 1.22 bits per heavy atom. The van der Waals surface area contributed by atoms with Gasteiger partial charge in [-0.1, -0.05) is 29.3 Å². The molecule has 1 aromatic carbocycles. The van der Waals surface area contributed by atoms with Gasteiger partial charge in [0.05, 0.1) is 24.3 Å². The Morgan fingerprint density at radius 2 is 1.89 bits per heavy atom. The van der Waals surface area contributed by atoms with Crippen molar-refractivity contribution in [3.05, 3.63) is 53.1 Å². The highest BCUT2D eigenvalue weighted by atomic mass is 16.3. The van der Waals surface area contributed by atoms with Crippen LogP contribution in [0.3, 0.4) is 0 Å². The molecule has 1 N–H and O–H groups in total. The van der Waals surface area contributed by atoms with Crippen LogP contribution in [0.1, 0.15) is 35.4 Å². The summed E-state index contributed by atoms with van der Waals surface area (Å²) in [6.07, 6.45) is 3.65. The van der Waals surface area contributed by atoms with E-state index in [2.05, 4.69) is 44.0 Å². The number of hydrogen-bond donors (Lipinski definition) is 1. The van der Waals surface area contributed by atoms with E-state index in [0.29, 0.717) is 6.42 Å². The Bertz CT molecular complexity index is 511. The molecule has 1 atom stereocenters. The number of aliphatic hydroxyl groups excluding tert-OH is 1. The normalized spacial score (nSPS) is 12.7. The van der Waals surface area contributed by atoms with Gasteiger partial charge < -0.3 is 9.67 Å². The molecule has 18 heavy (non-hydrogen) atoms. The van der Waals surface area contributed by atoms with Crippen LogP contribution in [0.25, 0.3) is 0 Å². The number of aromatic nitrogens is 2. The highest BCUT2D eigenvalue weighted by Gasteiger charge is 2.13. The van der Waals surface area contributed by atoms with E-state index in [0.717, 1.165) is 12.2 Å². The first-order valence-corrected chi connectivity index (χ1v) is 6.35. The SMILES string of the molecule is CCn1cncc1C(O)Cc1cc(C)cc(C)c1. The number of benzene rings is 1. The molecule has 0 aliphatic rings. The van der Waals surface area contributed by atoms with Crippen LogP contribution in [-0.2, 0) is 13.0 Å². The lowest BCUT2D eigenvalue weighted by Crippen LogP contribution is -2.08. The molecule has 0 bridgehead atoms. The van der Waals surface area contributed by atoms with Gasteiger partial charge in [0.2, 0.25) is 0 Å². The summed E-state index contributed by atoms with van der Waals surface area (Å²) in [4.78, 5) is 4.09. The average molecular weight is 244 g/mol. The maximum atomic E-state index is 10.3. The highest BCUT2D eigenvalue weighted by Crippen LogP contribution is 2.19. The molecule has 0 amide bonds. The van der Waals surface area contributed by atoms with E-state index in [-0.39, 0.29) is 0 Å². The van der Waals surface area contributed by atoms with Gasteiger partial charge in [-0.2, -0.15) is 0 Å². The van der Waals surface area contributed by atoms with Crippen molar-refractivity contribution in [1.29, 1.82) is 0 Å². The van der Waals surface area contributed by atoms with Crippen molar-refractivity contribution < 1.29 is 5.11 Å². The van der Waals surface area contributed by atoms with Crippen LogP contribution < -0.4 is 0 Å². The van der Waals surface area contributed by atoms with Crippen molar-refractivity contribution >= 4 is 0 Å². The summed E-state index contributed by atoms with van der Waals surface area (Å²) in [5.74, 6) is 0. The molecule has 2 aromatic rings. The molecule has 96 valence electrons. The summed E-state index contributed by atoms with van der Waals surface area (Å²) < 4.78 is 1.98. The number of hydrogen-bond acceptors (Lipinski definition) is 2. The summed E-state index contributed by atoms with van der Waals surface area (Å²) in [6, 6.07) is 6.40. The van der Waals surface area contributed by atoms with Gasteiger partial charge in [-0.15, -0.1) is 0 Å². The maximum absolute atomic E-state index is 10.3. The fourth-order valence-electron chi connectivity index (χ4n) is 2.39. The standard InChI is InChI=1S/C15H20N2O/c1-4-17-10-16-9-14(17)15(18)8-13-6-11(2)5-12(3)7-13/h5-7,9-10,15,18H,4,8H2,1-3H3. The maximum Gasteiger partial charge on any atom is 0.0995 e. The zero-order valence-corrected chi connectivity index (χ0v) is 11.2. The fraction of sp³-hybridized carbons (Fsp3) is 0.400. The highest BCUT2D eigenvalue weighted by molar-refractivity contribution is 5.29. The van der Waals surface area contributed by atoms with Gasteiger partial charge in [-0.25, -0.2) is 4.98 Å². The summed E-state index contributed by atoms with van der Waals surface area (Å²) in [7, 11) is 0. The Morgan fingerprint density at radius 3 is 2.50 bits per heavy atom. The summed E-state index contributed by atoms with van der Waals surface area (Å²) in [6.45, 7) is 7.05. The van der Waals surface area contributed by atoms with Crippen LogP contribution in [0.2, 0.25) is 0 Å². The predicted molar refractivity (Wildman–Crippen MR) is 72.5 cm³/mol. The van der Waals surface area contributed by atoms with E-state index in [1.807, 2.05) is 4.57 Å². The molecule has 2 rings (SSSR count). The first kappa shape index (κ1) is 12.8. The van der Waals surface area contributed by atoms with Crippen LogP contribution in [0.4, 0.5) is 0 Å². The second kappa shape index (κ2) is 5.36. The first-order valence-electron chi connectivity index (χ1n) is 6.35.